The van der Waals surface area contributed by atoms with Gasteiger partial charge in [0.05, 0.1) is 17.4 Å². The van der Waals surface area contributed by atoms with E-state index in [-0.39, 0.29) is 48.2 Å². The van der Waals surface area contributed by atoms with Crippen LogP contribution in [-0.4, -0.2) is 44.6 Å². The van der Waals surface area contributed by atoms with Gasteiger partial charge in [0.15, 0.2) is 11.6 Å². The van der Waals surface area contributed by atoms with Crippen molar-refractivity contribution < 1.29 is 14.7 Å². The van der Waals surface area contributed by atoms with Gasteiger partial charge in [-0.25, -0.2) is 4.79 Å². The zero-order valence-electron chi connectivity index (χ0n) is 19.8. The number of aliphatic hydroxyl groups is 1. The summed E-state index contributed by atoms with van der Waals surface area (Å²) in [5.74, 6) is 1.88. The molecule has 1 N–H and O–H groups in total. The van der Waals surface area contributed by atoms with E-state index < -0.39 is 32.8 Å². The third-order valence-corrected chi connectivity index (χ3v) is 6.33. The van der Waals surface area contributed by atoms with Crippen molar-refractivity contribution >= 4 is 32.5 Å². The molecular formula is C25H30N2O5S. The molecule has 0 unspecified atom stereocenters. The Bertz CT molecular complexity index is 1360. The average Bonchev–Trinajstić information content (AvgIpc) is 2.72. The molecule has 1 aliphatic rings. The van der Waals surface area contributed by atoms with Crippen LogP contribution in [0.4, 0.5) is 0 Å². The highest BCUT2D eigenvalue weighted by atomic mass is 32.3. The molecular weight excluding hydrogens is 440 g/mol. The van der Waals surface area contributed by atoms with E-state index >= 15 is 0 Å². The molecule has 33 heavy (non-hydrogen) atoms. The monoisotopic (exact) mass is 470 g/mol. The Balaban J connectivity index is 2.29. The number of ketones is 2. The number of rotatable bonds is 5. The van der Waals surface area contributed by atoms with E-state index in [2.05, 4.69) is 29.9 Å². The maximum Gasteiger partial charge on any atom is 0.332 e. The minimum absolute atomic E-state index is 0.126. The van der Waals surface area contributed by atoms with E-state index in [1.807, 2.05) is 6.92 Å². The van der Waals surface area contributed by atoms with Crippen LogP contribution in [0.3, 0.4) is 0 Å². The van der Waals surface area contributed by atoms with Crippen LogP contribution < -0.4 is 11.2 Å². The van der Waals surface area contributed by atoms with E-state index in [1.54, 1.807) is 13.0 Å². The molecule has 0 saturated heterocycles. The van der Waals surface area contributed by atoms with Gasteiger partial charge in [-0.3, -0.25) is 23.5 Å². The molecule has 2 aromatic rings. The normalized spacial score (nSPS) is 14.9. The second kappa shape index (κ2) is 9.44. The van der Waals surface area contributed by atoms with Crippen molar-refractivity contribution in [3.63, 3.8) is 0 Å². The molecule has 0 amide bonds. The highest BCUT2D eigenvalue weighted by molar-refractivity contribution is 8.35. The van der Waals surface area contributed by atoms with E-state index in [4.69, 9.17) is 0 Å². The van der Waals surface area contributed by atoms with E-state index in [9.17, 15) is 24.3 Å². The molecule has 8 heteroatoms. The summed E-state index contributed by atoms with van der Waals surface area (Å²) in [7, 11) is -1.09. The number of Topliss-reactive ketones (excluding diaryl/α,β-unsaturated/α-hetero) is 2. The largest absolute Gasteiger partial charge is 0.511 e. The molecule has 0 spiro atoms. The Kier molecular flexibility index (Phi) is 7.03. The molecule has 0 aliphatic heterocycles. The summed E-state index contributed by atoms with van der Waals surface area (Å²) < 4.78 is 2.64. The number of aryl methyl sites for hydroxylation is 1. The molecule has 0 bridgehead atoms. The Morgan fingerprint density at radius 1 is 1.12 bits per heavy atom. The number of benzene rings is 1. The smallest absolute Gasteiger partial charge is 0.332 e. The SMILES string of the molecule is CCCn1c(=O)c2c(C)c(C(=O)C3=C(O)CCCC3=O)ccc2n(CC#CS(C)(C)C)c1=O. The highest BCUT2D eigenvalue weighted by Crippen LogP contribution is 2.32. The van der Waals surface area contributed by atoms with Crippen molar-refractivity contribution in [3.8, 4) is 11.2 Å². The van der Waals surface area contributed by atoms with E-state index in [1.165, 1.54) is 15.2 Å². The lowest BCUT2D eigenvalue weighted by Gasteiger charge is -2.18. The van der Waals surface area contributed by atoms with Crippen LogP contribution in [0, 0.1) is 18.1 Å². The van der Waals surface area contributed by atoms with Crippen molar-refractivity contribution in [1.29, 1.82) is 0 Å². The lowest BCUT2D eigenvalue weighted by atomic mass is 9.88. The van der Waals surface area contributed by atoms with Gasteiger partial charge in [-0.2, -0.15) is 10.0 Å². The first-order chi connectivity index (χ1) is 15.5. The second-order valence-electron chi connectivity index (χ2n) is 9.00. The number of carbonyl (C=O) groups excluding carboxylic acids is 2. The molecule has 0 radical (unpaired) electrons. The van der Waals surface area contributed by atoms with Gasteiger partial charge >= 0.3 is 5.69 Å². The van der Waals surface area contributed by atoms with Gasteiger partial charge in [0.1, 0.15) is 11.3 Å². The first-order valence-corrected chi connectivity index (χ1v) is 13.8. The summed E-state index contributed by atoms with van der Waals surface area (Å²) in [6.45, 7) is 3.88. The van der Waals surface area contributed by atoms with Gasteiger partial charge in [-0.15, -0.1) is 0 Å². The molecule has 3 rings (SSSR count). The lowest BCUT2D eigenvalue weighted by Crippen LogP contribution is -2.40. The van der Waals surface area contributed by atoms with Crippen LogP contribution in [0.1, 0.15) is 48.5 Å². The number of carbonyl (C=O) groups is 2. The molecule has 1 aliphatic carbocycles. The predicted octanol–water partition coefficient (Wildman–Crippen LogP) is 3.28. The molecule has 1 aromatic heterocycles. The number of allylic oxidation sites excluding steroid dienone is 2. The zero-order chi connectivity index (χ0) is 24.5. The van der Waals surface area contributed by atoms with Crippen molar-refractivity contribution in [2.45, 2.75) is 52.6 Å². The van der Waals surface area contributed by atoms with Crippen molar-refractivity contribution in [2.24, 2.45) is 0 Å². The fourth-order valence-electron chi connectivity index (χ4n) is 4.03. The van der Waals surface area contributed by atoms with Gasteiger partial charge in [-0.1, -0.05) is 18.1 Å². The summed E-state index contributed by atoms with van der Waals surface area (Å²) >= 11 is 0. The van der Waals surface area contributed by atoms with Crippen molar-refractivity contribution in [1.82, 2.24) is 9.13 Å². The summed E-state index contributed by atoms with van der Waals surface area (Å²) in [4.78, 5) is 52.0. The fourth-order valence-corrected chi connectivity index (χ4v) is 4.53. The van der Waals surface area contributed by atoms with Gasteiger partial charge in [-0.05, 0) is 56.2 Å². The molecule has 0 atom stereocenters. The molecule has 176 valence electrons. The quantitative estimate of drug-likeness (QED) is 0.411. The maximum absolute atomic E-state index is 13.3. The van der Waals surface area contributed by atoms with Gasteiger partial charge in [0.25, 0.3) is 5.56 Å². The second-order valence-corrected chi connectivity index (χ2v) is 12.9. The molecule has 1 heterocycles. The Hall–Kier alpha value is -3.05. The molecule has 7 nitrogen and oxygen atoms in total. The number of fused-ring (bicyclic) bond motifs is 1. The minimum atomic E-state index is -1.09. The summed E-state index contributed by atoms with van der Waals surface area (Å²) in [6.07, 6.45) is 7.73. The Morgan fingerprint density at radius 3 is 2.42 bits per heavy atom. The minimum Gasteiger partial charge on any atom is -0.511 e. The predicted molar refractivity (Wildman–Crippen MR) is 133 cm³/mol. The van der Waals surface area contributed by atoms with Crippen LogP contribution in [0.2, 0.25) is 0 Å². The van der Waals surface area contributed by atoms with Crippen LogP contribution in [-0.2, 0) is 17.9 Å². The zero-order valence-corrected chi connectivity index (χ0v) is 20.6. The number of hydrogen-bond donors (Lipinski definition) is 1. The Morgan fingerprint density at radius 2 is 1.82 bits per heavy atom. The fraction of sp³-hybridized carbons (Fsp3) is 0.440. The summed E-state index contributed by atoms with van der Waals surface area (Å²) in [5.41, 5.74) is -0.150. The summed E-state index contributed by atoms with van der Waals surface area (Å²) in [5, 5.41) is 13.6. The van der Waals surface area contributed by atoms with Crippen LogP contribution >= 0.6 is 10.0 Å². The van der Waals surface area contributed by atoms with E-state index in [0.717, 1.165) is 0 Å². The van der Waals surface area contributed by atoms with Crippen molar-refractivity contribution in [2.75, 3.05) is 18.8 Å². The van der Waals surface area contributed by atoms with Crippen molar-refractivity contribution in [3.05, 3.63) is 55.4 Å². The van der Waals surface area contributed by atoms with Crippen LogP contribution in [0.15, 0.2) is 33.1 Å². The molecule has 1 aromatic carbocycles. The highest BCUT2D eigenvalue weighted by Gasteiger charge is 2.29. The van der Waals surface area contributed by atoms with Gasteiger partial charge < -0.3 is 5.11 Å². The first kappa shape index (κ1) is 24.6. The van der Waals surface area contributed by atoms with Crippen LogP contribution in [0.5, 0.6) is 0 Å². The van der Waals surface area contributed by atoms with E-state index in [0.29, 0.717) is 23.9 Å². The number of nitrogens with zero attached hydrogens (tertiary/aromatic N) is 2. The standard InChI is InChI=1S/C25H30N2O5S/c1-6-13-27-24(31)21-16(2)17(23(30)22-19(28)9-7-10-20(22)29)11-12-18(21)26(25(27)32)14-8-15-33(3,4)5/h11-12,28H,6-7,9-10,13-14H2,1-5H3. The lowest BCUT2D eigenvalue weighted by molar-refractivity contribution is -0.116. The molecule has 0 saturated carbocycles. The number of aromatic nitrogens is 2. The first-order valence-electron chi connectivity index (χ1n) is 10.9. The third kappa shape index (κ3) is 4.83. The molecule has 0 fully saturated rings. The topological polar surface area (TPSA) is 98.4 Å². The van der Waals surface area contributed by atoms with Crippen LogP contribution in [0.25, 0.3) is 10.9 Å². The number of hydrogen-bond acceptors (Lipinski definition) is 5. The van der Waals surface area contributed by atoms with Gasteiger partial charge in [0.2, 0.25) is 0 Å². The third-order valence-electron chi connectivity index (χ3n) is 5.57. The van der Waals surface area contributed by atoms with Gasteiger partial charge in [0, 0.05) is 24.9 Å². The Labute approximate surface area is 194 Å². The number of aliphatic hydroxyl groups excluding tert-OH is 1. The average molecular weight is 471 g/mol. The summed E-state index contributed by atoms with van der Waals surface area (Å²) in [6, 6.07) is 3.08. The maximum atomic E-state index is 13.3.